The summed E-state index contributed by atoms with van der Waals surface area (Å²) >= 11 is 7.71. The third-order valence-corrected chi connectivity index (χ3v) is 5.52. The van der Waals surface area contributed by atoms with Crippen molar-refractivity contribution in [3.8, 4) is 0 Å². The molecule has 0 atom stereocenters. The van der Waals surface area contributed by atoms with Gasteiger partial charge in [0.15, 0.2) is 3.95 Å². The summed E-state index contributed by atoms with van der Waals surface area (Å²) in [6.45, 7) is 0. The molecule has 1 N–H and O–H groups in total. The largest absolute Gasteiger partial charge is 0.422 e. The number of benzene rings is 1. The lowest BCUT2D eigenvalue weighted by Gasteiger charge is -2.04. The Labute approximate surface area is 142 Å². The molecule has 0 aliphatic carbocycles. The number of aromatic nitrogens is 2. The number of aromatic amines is 1. The number of carbonyl (C=O) groups is 1. The second-order valence-electron chi connectivity index (χ2n) is 4.65. The van der Waals surface area contributed by atoms with E-state index in [-0.39, 0.29) is 5.56 Å². The first-order valence-corrected chi connectivity index (χ1v) is 8.71. The van der Waals surface area contributed by atoms with Gasteiger partial charge in [0.05, 0.1) is 5.75 Å². The van der Waals surface area contributed by atoms with Crippen LogP contribution in [0.4, 0.5) is 0 Å². The van der Waals surface area contributed by atoms with E-state index in [4.69, 9.17) is 16.6 Å². The second-order valence-corrected chi connectivity index (χ2v) is 7.37. The number of nitrogens with zero attached hydrogens (tertiary/aromatic N) is 2. The van der Waals surface area contributed by atoms with E-state index < -0.39 is 11.5 Å². The minimum atomic E-state index is -0.654. The summed E-state index contributed by atoms with van der Waals surface area (Å²) in [7, 11) is 0. The van der Waals surface area contributed by atoms with Gasteiger partial charge in [-0.05, 0) is 18.3 Å². The maximum absolute atomic E-state index is 12.1. The SMILES string of the molecule is O=C1N=C(SCc2n[nH]c(=S)s2)c2c1c(=O)oc1ccccc21. The van der Waals surface area contributed by atoms with Crippen molar-refractivity contribution < 1.29 is 9.21 Å². The van der Waals surface area contributed by atoms with Gasteiger partial charge in [-0.3, -0.25) is 9.89 Å². The van der Waals surface area contributed by atoms with Gasteiger partial charge < -0.3 is 4.42 Å². The first kappa shape index (κ1) is 14.5. The normalized spacial score (nSPS) is 13.4. The number of amides is 1. The van der Waals surface area contributed by atoms with Crippen molar-refractivity contribution >= 4 is 57.2 Å². The zero-order chi connectivity index (χ0) is 16.0. The Morgan fingerprint density at radius 1 is 1.26 bits per heavy atom. The van der Waals surface area contributed by atoms with Crippen LogP contribution in [0.15, 0.2) is 38.5 Å². The van der Waals surface area contributed by atoms with Crippen molar-refractivity contribution in [1.29, 1.82) is 0 Å². The average molecular weight is 361 g/mol. The van der Waals surface area contributed by atoms with Crippen molar-refractivity contribution in [2.45, 2.75) is 5.75 Å². The number of rotatable bonds is 2. The van der Waals surface area contributed by atoms with E-state index in [1.54, 1.807) is 12.1 Å². The Kier molecular flexibility index (Phi) is 3.47. The highest BCUT2D eigenvalue weighted by atomic mass is 32.2. The lowest BCUT2D eigenvalue weighted by atomic mass is 10.1. The number of fused-ring (bicyclic) bond motifs is 3. The highest BCUT2D eigenvalue weighted by Crippen LogP contribution is 2.31. The fourth-order valence-electron chi connectivity index (χ4n) is 2.33. The van der Waals surface area contributed by atoms with Crippen molar-refractivity contribution in [3.05, 3.63) is 54.8 Å². The standard InChI is InChI=1S/C14H7N3O3S3/c18-11-10-9(6-3-1-2-4-7(6)20-13(10)19)12(15-11)22-5-8-16-17-14(21)23-8/h1-4H,5H2,(H,17,21). The zero-order valence-electron chi connectivity index (χ0n) is 11.4. The first-order valence-electron chi connectivity index (χ1n) is 6.50. The molecule has 0 fully saturated rings. The maximum atomic E-state index is 12.1. The summed E-state index contributed by atoms with van der Waals surface area (Å²) in [5.74, 6) is -0.0468. The predicted octanol–water partition coefficient (Wildman–Crippen LogP) is 3.14. The molecule has 23 heavy (non-hydrogen) atoms. The van der Waals surface area contributed by atoms with Crippen molar-refractivity contribution in [1.82, 2.24) is 10.2 Å². The Morgan fingerprint density at radius 3 is 2.87 bits per heavy atom. The molecular weight excluding hydrogens is 354 g/mol. The molecule has 4 rings (SSSR count). The fourth-order valence-corrected chi connectivity index (χ4v) is 4.30. The third-order valence-electron chi connectivity index (χ3n) is 3.26. The molecule has 2 aromatic heterocycles. The number of aliphatic imine (C=N–C) groups is 1. The Bertz CT molecular complexity index is 1090. The lowest BCUT2D eigenvalue weighted by Crippen LogP contribution is -2.12. The number of carbonyl (C=O) groups excluding carboxylic acids is 1. The van der Waals surface area contributed by atoms with E-state index >= 15 is 0 Å². The zero-order valence-corrected chi connectivity index (χ0v) is 13.8. The van der Waals surface area contributed by atoms with E-state index in [0.717, 1.165) is 5.01 Å². The van der Waals surface area contributed by atoms with Crippen LogP contribution in [0.5, 0.6) is 0 Å². The summed E-state index contributed by atoms with van der Waals surface area (Å²) in [5.41, 5.74) is 0.333. The highest BCUT2D eigenvalue weighted by Gasteiger charge is 2.30. The van der Waals surface area contributed by atoms with E-state index in [2.05, 4.69) is 15.2 Å². The molecule has 0 saturated heterocycles. The first-order chi connectivity index (χ1) is 11.1. The summed E-state index contributed by atoms with van der Waals surface area (Å²) in [6.07, 6.45) is 0. The molecule has 1 aliphatic heterocycles. The summed E-state index contributed by atoms with van der Waals surface area (Å²) in [6, 6.07) is 7.10. The van der Waals surface area contributed by atoms with Crippen LogP contribution >= 0.6 is 35.3 Å². The molecule has 9 heteroatoms. The molecule has 6 nitrogen and oxygen atoms in total. The van der Waals surface area contributed by atoms with Crippen LogP contribution in [0, 0.1) is 3.95 Å². The molecule has 3 heterocycles. The van der Waals surface area contributed by atoms with Crippen LogP contribution in [0.3, 0.4) is 0 Å². The molecule has 1 amide bonds. The van der Waals surface area contributed by atoms with Crippen LogP contribution < -0.4 is 5.63 Å². The summed E-state index contributed by atoms with van der Waals surface area (Å²) in [5, 5.41) is 8.80. The molecular formula is C14H7N3O3S3. The number of hydrogen-bond donors (Lipinski definition) is 1. The van der Waals surface area contributed by atoms with E-state index in [1.807, 2.05) is 12.1 Å². The molecule has 3 aromatic rings. The van der Waals surface area contributed by atoms with Crippen molar-refractivity contribution in [3.63, 3.8) is 0 Å². The van der Waals surface area contributed by atoms with Crippen LogP contribution in [0.25, 0.3) is 11.0 Å². The molecule has 1 aromatic carbocycles. The van der Waals surface area contributed by atoms with Gasteiger partial charge in [0.25, 0.3) is 5.91 Å². The van der Waals surface area contributed by atoms with E-state index in [9.17, 15) is 9.59 Å². The van der Waals surface area contributed by atoms with E-state index in [0.29, 0.717) is 31.3 Å². The molecule has 0 saturated carbocycles. The summed E-state index contributed by atoms with van der Waals surface area (Å²) < 4.78 is 5.80. The molecule has 0 unspecified atom stereocenters. The van der Waals surface area contributed by atoms with Gasteiger partial charge in [0.1, 0.15) is 21.2 Å². The predicted molar refractivity (Wildman–Crippen MR) is 91.9 cm³/mol. The quantitative estimate of drug-likeness (QED) is 0.557. The van der Waals surface area contributed by atoms with Gasteiger partial charge in [-0.1, -0.05) is 41.3 Å². The molecule has 0 spiro atoms. The van der Waals surface area contributed by atoms with Crippen molar-refractivity contribution in [2.75, 3.05) is 0 Å². The maximum Gasteiger partial charge on any atom is 0.350 e. The van der Waals surface area contributed by atoms with Crippen LogP contribution in [-0.4, -0.2) is 21.1 Å². The number of thioether (sulfide) groups is 1. The minimum Gasteiger partial charge on any atom is -0.422 e. The fraction of sp³-hybridized carbons (Fsp3) is 0.0714. The van der Waals surface area contributed by atoms with Gasteiger partial charge in [0.2, 0.25) is 0 Å². The van der Waals surface area contributed by atoms with E-state index in [1.165, 1.54) is 23.1 Å². The Hall–Kier alpha value is -2.10. The van der Waals surface area contributed by atoms with Crippen LogP contribution in [0.1, 0.15) is 20.9 Å². The topological polar surface area (TPSA) is 88.3 Å². The Morgan fingerprint density at radius 2 is 2.09 bits per heavy atom. The van der Waals surface area contributed by atoms with Crippen LogP contribution in [0.2, 0.25) is 0 Å². The number of para-hydroxylation sites is 1. The minimum absolute atomic E-state index is 0.000796. The average Bonchev–Trinajstić information content (AvgIpc) is 3.09. The Balaban J connectivity index is 1.80. The third kappa shape index (κ3) is 2.46. The number of nitrogens with one attached hydrogen (secondary N) is 1. The summed E-state index contributed by atoms with van der Waals surface area (Å²) in [4.78, 5) is 28.1. The molecule has 114 valence electrons. The molecule has 0 radical (unpaired) electrons. The van der Waals surface area contributed by atoms with Gasteiger partial charge in [0, 0.05) is 10.9 Å². The van der Waals surface area contributed by atoms with Crippen molar-refractivity contribution in [2.24, 2.45) is 4.99 Å². The monoisotopic (exact) mass is 361 g/mol. The molecule has 1 aliphatic rings. The lowest BCUT2D eigenvalue weighted by molar-refractivity contribution is 0.100. The number of hydrogen-bond acceptors (Lipinski definition) is 7. The van der Waals surface area contributed by atoms with Crippen LogP contribution in [-0.2, 0) is 5.75 Å². The second kappa shape index (κ2) is 5.52. The number of H-pyrrole nitrogens is 1. The van der Waals surface area contributed by atoms with Gasteiger partial charge in [-0.25, -0.2) is 9.79 Å². The smallest absolute Gasteiger partial charge is 0.350 e. The van der Waals surface area contributed by atoms with Gasteiger partial charge >= 0.3 is 5.63 Å². The highest BCUT2D eigenvalue weighted by molar-refractivity contribution is 8.14. The molecule has 0 bridgehead atoms. The van der Waals surface area contributed by atoms with Gasteiger partial charge in [-0.2, -0.15) is 5.10 Å². The van der Waals surface area contributed by atoms with Gasteiger partial charge in [-0.15, -0.1) is 0 Å².